The highest BCUT2D eigenvalue weighted by molar-refractivity contribution is 6.10. The van der Waals surface area contributed by atoms with Gasteiger partial charge in [0.25, 0.3) is 0 Å². The molecule has 0 amide bonds. The van der Waals surface area contributed by atoms with Crippen molar-refractivity contribution < 1.29 is 0 Å². The van der Waals surface area contributed by atoms with E-state index in [0.717, 1.165) is 5.69 Å². The van der Waals surface area contributed by atoms with Crippen molar-refractivity contribution in [2.24, 2.45) is 0 Å². The Morgan fingerprint density at radius 1 is 0.267 bits per heavy atom. The van der Waals surface area contributed by atoms with Gasteiger partial charge in [0.05, 0.1) is 11.0 Å². The number of para-hydroxylation sites is 1. The molecule has 0 fully saturated rings. The number of fused-ring (bicyclic) bond motifs is 5. The molecule has 0 radical (unpaired) electrons. The molecule has 0 unspecified atom stereocenters. The predicted octanol–water partition coefficient (Wildman–Crippen LogP) is 12.1. The number of aromatic nitrogens is 1. The third-order valence-corrected chi connectivity index (χ3v) is 9.18. The van der Waals surface area contributed by atoms with Crippen molar-refractivity contribution in [2.75, 3.05) is 0 Å². The van der Waals surface area contributed by atoms with Crippen LogP contribution in [0.2, 0.25) is 0 Å². The van der Waals surface area contributed by atoms with Gasteiger partial charge in [-0.2, -0.15) is 0 Å². The first-order valence-electron chi connectivity index (χ1n) is 15.5. The normalized spacial score (nSPS) is 11.6. The summed E-state index contributed by atoms with van der Waals surface area (Å²) in [6.45, 7) is 0. The van der Waals surface area contributed by atoms with Gasteiger partial charge in [-0.3, -0.25) is 0 Å². The van der Waals surface area contributed by atoms with E-state index in [2.05, 4.69) is 180 Å². The summed E-state index contributed by atoms with van der Waals surface area (Å²) >= 11 is 0. The molecule has 0 aliphatic rings. The zero-order valence-electron chi connectivity index (χ0n) is 24.7. The summed E-state index contributed by atoms with van der Waals surface area (Å²) in [5.74, 6) is 0. The average molecular weight is 572 g/mol. The summed E-state index contributed by atoms with van der Waals surface area (Å²) in [6, 6.07) is 64.1. The Balaban J connectivity index is 1.11. The smallest absolute Gasteiger partial charge is 0.0547 e. The minimum Gasteiger partial charge on any atom is -0.309 e. The lowest BCUT2D eigenvalue weighted by Gasteiger charge is -2.11. The maximum atomic E-state index is 2.40. The Hall–Kier alpha value is -5.92. The lowest BCUT2D eigenvalue weighted by molar-refractivity contribution is 1.18. The molecule has 0 bridgehead atoms. The molecule has 210 valence electrons. The standard InChI is InChI=1S/C44H29N/c1-3-9-35-27-37(19-17-30(35)7-1)32-13-15-33(16-14-32)39-23-26-42-41-11-5-6-12-43(41)45(44(42)29-39)40-24-21-34(22-25-40)38-20-18-31-8-2-4-10-36(31)28-38/h1-29H. The van der Waals surface area contributed by atoms with Crippen LogP contribution in [0.3, 0.4) is 0 Å². The number of nitrogens with zero attached hydrogens (tertiary/aromatic N) is 1. The third-order valence-electron chi connectivity index (χ3n) is 9.18. The molecule has 0 N–H and O–H groups in total. The molecule has 9 aromatic rings. The van der Waals surface area contributed by atoms with Crippen LogP contribution in [0.15, 0.2) is 176 Å². The Labute approximate surface area is 262 Å². The quantitative estimate of drug-likeness (QED) is 0.198. The fourth-order valence-electron chi connectivity index (χ4n) is 6.82. The second-order valence-corrected chi connectivity index (χ2v) is 11.8. The fraction of sp³-hybridized carbons (Fsp3) is 0. The van der Waals surface area contributed by atoms with Crippen molar-refractivity contribution in [3.8, 4) is 39.1 Å². The van der Waals surface area contributed by atoms with Gasteiger partial charge in [-0.25, -0.2) is 0 Å². The zero-order valence-corrected chi connectivity index (χ0v) is 24.7. The molecule has 8 aromatic carbocycles. The van der Waals surface area contributed by atoms with Crippen molar-refractivity contribution in [1.29, 1.82) is 0 Å². The summed E-state index contributed by atoms with van der Waals surface area (Å²) in [4.78, 5) is 0. The molecule has 0 spiro atoms. The first kappa shape index (κ1) is 25.6. The Morgan fingerprint density at radius 3 is 1.29 bits per heavy atom. The molecule has 9 rings (SSSR count). The summed E-state index contributed by atoms with van der Waals surface area (Å²) < 4.78 is 2.40. The lowest BCUT2D eigenvalue weighted by Crippen LogP contribution is -1.94. The molecule has 0 aliphatic heterocycles. The number of benzene rings is 8. The van der Waals surface area contributed by atoms with Gasteiger partial charge in [0.15, 0.2) is 0 Å². The monoisotopic (exact) mass is 571 g/mol. The molecule has 1 aromatic heterocycles. The van der Waals surface area contributed by atoms with E-state index in [4.69, 9.17) is 0 Å². The molecule has 1 nitrogen and oxygen atoms in total. The van der Waals surface area contributed by atoms with Crippen LogP contribution in [-0.2, 0) is 0 Å². The van der Waals surface area contributed by atoms with Gasteiger partial charge < -0.3 is 4.57 Å². The van der Waals surface area contributed by atoms with E-state index in [1.54, 1.807) is 0 Å². The van der Waals surface area contributed by atoms with E-state index in [1.165, 1.54) is 76.7 Å². The zero-order chi connectivity index (χ0) is 29.7. The van der Waals surface area contributed by atoms with Crippen LogP contribution in [0.4, 0.5) is 0 Å². The van der Waals surface area contributed by atoms with Crippen LogP contribution in [0.5, 0.6) is 0 Å². The van der Waals surface area contributed by atoms with Crippen molar-refractivity contribution in [2.45, 2.75) is 0 Å². The van der Waals surface area contributed by atoms with E-state index >= 15 is 0 Å². The van der Waals surface area contributed by atoms with E-state index in [1.807, 2.05) is 0 Å². The molecule has 0 aliphatic carbocycles. The second kappa shape index (κ2) is 10.4. The van der Waals surface area contributed by atoms with E-state index in [9.17, 15) is 0 Å². The summed E-state index contributed by atoms with van der Waals surface area (Å²) in [7, 11) is 0. The first-order chi connectivity index (χ1) is 22.3. The van der Waals surface area contributed by atoms with Gasteiger partial charge in [-0.05, 0) is 91.3 Å². The van der Waals surface area contributed by atoms with Crippen LogP contribution < -0.4 is 0 Å². The topological polar surface area (TPSA) is 4.93 Å². The van der Waals surface area contributed by atoms with Crippen molar-refractivity contribution in [3.63, 3.8) is 0 Å². The Morgan fingerprint density at radius 2 is 0.689 bits per heavy atom. The maximum absolute atomic E-state index is 2.40. The van der Waals surface area contributed by atoms with E-state index in [0.29, 0.717) is 0 Å². The van der Waals surface area contributed by atoms with Gasteiger partial charge in [0.1, 0.15) is 0 Å². The molecule has 45 heavy (non-hydrogen) atoms. The van der Waals surface area contributed by atoms with Crippen molar-refractivity contribution >= 4 is 43.4 Å². The van der Waals surface area contributed by atoms with Crippen LogP contribution in [-0.4, -0.2) is 4.57 Å². The van der Waals surface area contributed by atoms with Crippen LogP contribution in [0.1, 0.15) is 0 Å². The van der Waals surface area contributed by atoms with Gasteiger partial charge in [-0.1, -0.05) is 140 Å². The minimum absolute atomic E-state index is 1.16. The highest BCUT2D eigenvalue weighted by Crippen LogP contribution is 2.36. The van der Waals surface area contributed by atoms with Crippen LogP contribution >= 0.6 is 0 Å². The summed E-state index contributed by atoms with van der Waals surface area (Å²) in [6.07, 6.45) is 0. The molecule has 1 heterocycles. The minimum atomic E-state index is 1.16. The van der Waals surface area contributed by atoms with Crippen LogP contribution in [0.25, 0.3) is 82.4 Å². The highest BCUT2D eigenvalue weighted by atomic mass is 15.0. The lowest BCUT2D eigenvalue weighted by atomic mass is 9.98. The molecule has 0 saturated heterocycles. The predicted molar refractivity (Wildman–Crippen MR) is 192 cm³/mol. The van der Waals surface area contributed by atoms with Crippen LogP contribution in [0, 0.1) is 0 Å². The Bertz CT molecular complexity index is 2510. The molecular formula is C44H29N. The number of rotatable bonds is 4. The summed E-state index contributed by atoms with van der Waals surface area (Å²) in [5, 5.41) is 7.60. The second-order valence-electron chi connectivity index (χ2n) is 11.8. The number of hydrogen-bond donors (Lipinski definition) is 0. The van der Waals surface area contributed by atoms with Gasteiger partial charge in [0, 0.05) is 16.5 Å². The number of hydrogen-bond acceptors (Lipinski definition) is 0. The SMILES string of the molecule is c1ccc2cc(-c3ccc(-c4ccc5c6ccccc6n(-c6ccc(-c7ccc8ccccc8c7)cc6)c5c4)cc3)ccc2c1. The average Bonchev–Trinajstić information content (AvgIpc) is 3.45. The van der Waals surface area contributed by atoms with Gasteiger partial charge in [-0.15, -0.1) is 0 Å². The van der Waals surface area contributed by atoms with Crippen molar-refractivity contribution in [3.05, 3.63) is 176 Å². The first-order valence-corrected chi connectivity index (χ1v) is 15.5. The van der Waals surface area contributed by atoms with E-state index < -0.39 is 0 Å². The molecule has 0 atom stereocenters. The van der Waals surface area contributed by atoms with Gasteiger partial charge >= 0.3 is 0 Å². The van der Waals surface area contributed by atoms with Crippen molar-refractivity contribution in [1.82, 2.24) is 4.57 Å². The largest absolute Gasteiger partial charge is 0.309 e. The maximum Gasteiger partial charge on any atom is 0.0547 e. The Kier molecular flexibility index (Phi) is 5.89. The molecule has 1 heteroatoms. The highest BCUT2D eigenvalue weighted by Gasteiger charge is 2.14. The molecule has 0 saturated carbocycles. The van der Waals surface area contributed by atoms with Gasteiger partial charge in [0.2, 0.25) is 0 Å². The van der Waals surface area contributed by atoms with E-state index in [-0.39, 0.29) is 0 Å². The summed E-state index contributed by atoms with van der Waals surface area (Å²) in [5.41, 5.74) is 10.9. The molecular weight excluding hydrogens is 542 g/mol. The fourth-order valence-corrected chi connectivity index (χ4v) is 6.82. The third kappa shape index (κ3) is 4.41.